The minimum absolute atomic E-state index is 0.0973. The van der Waals surface area contributed by atoms with Gasteiger partial charge >= 0.3 is 6.61 Å². The number of anilines is 1. The first-order valence-electron chi connectivity index (χ1n) is 13.1. The number of carbonyl (C=O) groups excluding carboxylic acids is 2. The summed E-state index contributed by atoms with van der Waals surface area (Å²) >= 11 is 6.21. The number of piperidine rings is 1. The Morgan fingerprint density at radius 2 is 2.05 bits per heavy atom. The molecule has 2 saturated heterocycles. The number of likely N-dealkylation sites (tertiary alicyclic amines) is 2. The maximum atomic E-state index is 13.3. The van der Waals surface area contributed by atoms with Crippen molar-refractivity contribution in [2.75, 3.05) is 38.5 Å². The van der Waals surface area contributed by atoms with Crippen LogP contribution in [0.1, 0.15) is 16.8 Å². The van der Waals surface area contributed by atoms with Gasteiger partial charge in [-0.15, -0.1) is 0 Å². The average molecular weight is 585 g/mol. The molecule has 2 aliphatic rings. The second kappa shape index (κ2) is 11.1. The molecule has 2 amide bonds. The molecule has 0 radical (unpaired) electrons. The van der Waals surface area contributed by atoms with E-state index in [-0.39, 0.29) is 45.7 Å². The van der Waals surface area contributed by atoms with Gasteiger partial charge in [0, 0.05) is 55.4 Å². The molecule has 4 aromatic rings. The van der Waals surface area contributed by atoms with Gasteiger partial charge < -0.3 is 19.9 Å². The number of fused-ring (bicyclic) bond motifs is 2. The number of alkyl halides is 2. The Morgan fingerprint density at radius 3 is 2.88 bits per heavy atom. The number of hydrogen-bond acceptors (Lipinski definition) is 7. The molecule has 0 saturated carbocycles. The highest BCUT2D eigenvalue weighted by Gasteiger charge is 2.37. The van der Waals surface area contributed by atoms with E-state index in [9.17, 15) is 18.4 Å². The van der Waals surface area contributed by atoms with Crippen LogP contribution in [0.3, 0.4) is 0 Å². The first kappa shape index (κ1) is 27.1. The van der Waals surface area contributed by atoms with Gasteiger partial charge in [-0.25, -0.2) is 9.50 Å². The summed E-state index contributed by atoms with van der Waals surface area (Å²) in [4.78, 5) is 35.0. The van der Waals surface area contributed by atoms with E-state index in [2.05, 4.69) is 32.4 Å². The SMILES string of the molecule is CN1CC2CN(C(=O)Cn3cc(NC(=O)c4cnn5cccnc45)c(-c4cc(Cl)ccc4OC(F)F)n3)CC[C@@H]2C1. The fraction of sp³-hybridized carbons (Fsp3) is 0.370. The quantitative estimate of drug-likeness (QED) is 0.354. The highest BCUT2D eigenvalue weighted by atomic mass is 35.5. The molecular weight excluding hydrogens is 558 g/mol. The van der Waals surface area contributed by atoms with Crippen molar-refractivity contribution in [3.63, 3.8) is 0 Å². The lowest BCUT2D eigenvalue weighted by Crippen LogP contribution is -2.44. The van der Waals surface area contributed by atoms with Gasteiger partial charge in [0.1, 0.15) is 23.6 Å². The van der Waals surface area contributed by atoms with E-state index < -0.39 is 12.5 Å². The molecule has 1 unspecified atom stereocenters. The monoisotopic (exact) mass is 584 g/mol. The van der Waals surface area contributed by atoms with Gasteiger partial charge in [0.25, 0.3) is 5.91 Å². The van der Waals surface area contributed by atoms with Crippen molar-refractivity contribution in [2.45, 2.75) is 19.6 Å². The zero-order valence-electron chi connectivity index (χ0n) is 22.1. The summed E-state index contributed by atoms with van der Waals surface area (Å²) in [7, 11) is 2.09. The first-order chi connectivity index (χ1) is 19.7. The van der Waals surface area contributed by atoms with Crippen molar-refractivity contribution in [2.24, 2.45) is 11.8 Å². The average Bonchev–Trinajstić information content (AvgIpc) is 3.64. The topological polar surface area (TPSA) is 110 Å². The molecule has 0 bridgehead atoms. The molecule has 6 rings (SSSR count). The first-order valence-corrected chi connectivity index (χ1v) is 13.5. The number of benzene rings is 1. The molecule has 2 aliphatic heterocycles. The number of aromatic nitrogens is 5. The van der Waals surface area contributed by atoms with Crippen LogP contribution in [0, 0.1) is 11.8 Å². The summed E-state index contributed by atoms with van der Waals surface area (Å²) in [5.41, 5.74) is 0.951. The van der Waals surface area contributed by atoms with Crippen LogP contribution in [0.15, 0.2) is 49.1 Å². The smallest absolute Gasteiger partial charge is 0.387 e. The zero-order valence-corrected chi connectivity index (χ0v) is 22.8. The Labute approximate surface area is 238 Å². The molecule has 3 aromatic heterocycles. The summed E-state index contributed by atoms with van der Waals surface area (Å²) in [6, 6.07) is 5.81. The van der Waals surface area contributed by atoms with Crippen molar-refractivity contribution < 1.29 is 23.1 Å². The summed E-state index contributed by atoms with van der Waals surface area (Å²) in [5.74, 6) is 0.179. The number of nitrogens with one attached hydrogen (secondary N) is 1. The van der Waals surface area contributed by atoms with E-state index in [1.165, 1.54) is 46.0 Å². The molecule has 41 heavy (non-hydrogen) atoms. The van der Waals surface area contributed by atoms with Gasteiger partial charge in [-0.2, -0.15) is 19.0 Å². The Bertz CT molecular complexity index is 1610. The predicted octanol–water partition coefficient (Wildman–Crippen LogP) is 3.51. The Kier molecular flexibility index (Phi) is 7.30. The number of nitrogens with zero attached hydrogens (tertiary/aromatic N) is 7. The van der Waals surface area contributed by atoms with Crippen molar-refractivity contribution in [3.8, 4) is 17.0 Å². The van der Waals surface area contributed by atoms with Crippen molar-refractivity contribution in [1.82, 2.24) is 34.2 Å². The molecule has 2 fully saturated rings. The highest BCUT2D eigenvalue weighted by Crippen LogP contribution is 2.37. The Hall–Kier alpha value is -4.10. The molecule has 11 nitrogen and oxygen atoms in total. The van der Waals surface area contributed by atoms with Gasteiger partial charge in [0.15, 0.2) is 5.65 Å². The van der Waals surface area contributed by atoms with E-state index in [0.29, 0.717) is 30.6 Å². The summed E-state index contributed by atoms with van der Waals surface area (Å²) in [6.07, 6.45) is 7.00. The van der Waals surface area contributed by atoms with E-state index in [0.717, 1.165) is 19.5 Å². The fourth-order valence-corrected chi connectivity index (χ4v) is 5.90. The standard InChI is InChI=1S/C27H27ClF2N8O3/c1-35-11-16-5-8-36(13-17(16)12-35)23(39)15-37-14-21(33-26(40)20-10-32-38-7-2-6-31-25(20)38)24(34-37)19-9-18(28)3-4-22(19)41-27(29)30/h2-4,6-7,9-10,14,16-17,27H,5,8,11-13,15H2,1H3,(H,33,40)/t16-,17?/m1/s1. The molecule has 5 heterocycles. The number of halogens is 3. The van der Waals surface area contributed by atoms with Gasteiger partial charge in [0.05, 0.1) is 11.9 Å². The summed E-state index contributed by atoms with van der Waals surface area (Å²) in [6.45, 7) is 0.140. The van der Waals surface area contributed by atoms with Gasteiger partial charge in [-0.3, -0.25) is 14.3 Å². The summed E-state index contributed by atoms with van der Waals surface area (Å²) in [5, 5.41) is 11.7. The molecule has 0 spiro atoms. The number of amides is 2. The Morgan fingerprint density at radius 1 is 1.22 bits per heavy atom. The van der Waals surface area contributed by atoms with Crippen LogP contribution >= 0.6 is 11.6 Å². The molecule has 1 N–H and O–H groups in total. The minimum Gasteiger partial charge on any atom is -0.434 e. The Balaban J connectivity index is 1.31. The maximum absolute atomic E-state index is 13.3. The van der Waals surface area contributed by atoms with Crippen LogP contribution in [0.25, 0.3) is 16.9 Å². The molecule has 214 valence electrons. The van der Waals surface area contributed by atoms with E-state index >= 15 is 0 Å². The number of hydrogen-bond donors (Lipinski definition) is 1. The number of carbonyl (C=O) groups is 2. The number of ether oxygens (including phenoxy) is 1. The summed E-state index contributed by atoms with van der Waals surface area (Å²) < 4.78 is 34.0. The molecule has 2 atom stereocenters. The highest BCUT2D eigenvalue weighted by molar-refractivity contribution is 6.31. The molecule has 1 aromatic carbocycles. The van der Waals surface area contributed by atoms with Crippen LogP contribution in [0.4, 0.5) is 14.5 Å². The van der Waals surface area contributed by atoms with Crippen LogP contribution in [-0.4, -0.2) is 85.8 Å². The third kappa shape index (κ3) is 5.59. The van der Waals surface area contributed by atoms with Crippen molar-refractivity contribution >= 4 is 34.7 Å². The van der Waals surface area contributed by atoms with Crippen LogP contribution in [0.5, 0.6) is 5.75 Å². The van der Waals surface area contributed by atoms with Crippen LogP contribution in [-0.2, 0) is 11.3 Å². The van der Waals surface area contributed by atoms with Crippen LogP contribution in [0.2, 0.25) is 5.02 Å². The minimum atomic E-state index is -3.10. The van der Waals surface area contributed by atoms with Crippen molar-refractivity contribution in [3.05, 3.63) is 59.6 Å². The van der Waals surface area contributed by atoms with Gasteiger partial charge in [-0.1, -0.05) is 11.6 Å². The molecular formula is C27H27ClF2N8O3. The van der Waals surface area contributed by atoms with E-state index in [4.69, 9.17) is 16.3 Å². The van der Waals surface area contributed by atoms with E-state index in [1.54, 1.807) is 12.3 Å². The van der Waals surface area contributed by atoms with Gasteiger partial charge in [-0.05, 0) is 49.6 Å². The predicted molar refractivity (Wildman–Crippen MR) is 146 cm³/mol. The second-order valence-electron chi connectivity index (χ2n) is 10.4. The zero-order chi connectivity index (χ0) is 28.7. The van der Waals surface area contributed by atoms with E-state index in [1.807, 2.05) is 4.90 Å². The number of rotatable bonds is 7. The lowest BCUT2D eigenvalue weighted by atomic mass is 9.89. The third-order valence-electron chi connectivity index (χ3n) is 7.58. The van der Waals surface area contributed by atoms with Crippen molar-refractivity contribution in [1.29, 1.82) is 0 Å². The normalized spacial score (nSPS) is 19.1. The second-order valence-corrected chi connectivity index (χ2v) is 10.8. The lowest BCUT2D eigenvalue weighted by molar-refractivity contribution is -0.134. The van der Waals surface area contributed by atoms with Gasteiger partial charge in [0.2, 0.25) is 5.91 Å². The molecule has 14 heteroatoms. The lowest BCUT2D eigenvalue weighted by Gasteiger charge is -2.34. The third-order valence-corrected chi connectivity index (χ3v) is 7.82. The largest absolute Gasteiger partial charge is 0.434 e. The van der Waals surface area contributed by atoms with Crippen LogP contribution < -0.4 is 10.1 Å². The molecule has 0 aliphatic carbocycles. The maximum Gasteiger partial charge on any atom is 0.387 e. The fourth-order valence-electron chi connectivity index (χ4n) is 5.72.